The van der Waals surface area contributed by atoms with E-state index >= 15 is 0 Å². The molecule has 0 radical (unpaired) electrons. The second kappa shape index (κ2) is 8.41. The van der Waals surface area contributed by atoms with Gasteiger partial charge in [0.05, 0.1) is 13.2 Å². The van der Waals surface area contributed by atoms with E-state index in [0.29, 0.717) is 17.3 Å². The number of carbonyl (C=O) groups excluding carboxylic acids is 1. The lowest BCUT2D eigenvalue weighted by Crippen LogP contribution is -2.32. The molecule has 0 fully saturated rings. The highest BCUT2D eigenvalue weighted by Gasteiger charge is 2.13. The lowest BCUT2D eigenvalue weighted by molar-refractivity contribution is 0.104. The van der Waals surface area contributed by atoms with Crippen LogP contribution in [0, 0.1) is 0 Å². The lowest BCUT2D eigenvalue weighted by atomic mass is 10.1. The number of amides is 2. The van der Waals surface area contributed by atoms with Crippen molar-refractivity contribution in [1.29, 1.82) is 0 Å². The average molecular weight is 335 g/mol. The molecular weight excluding hydrogens is 316 g/mol. The van der Waals surface area contributed by atoms with Crippen molar-refractivity contribution in [2.24, 2.45) is 0 Å². The standard InChI is InChI=1S/C17H19ClN2O3/c1-22-15-5-3-4-12(10-15)16(23-2)11-19-17(21)20-14-8-6-13(18)7-9-14/h3-10,16H,11H2,1-2H3,(H2,19,20,21). The van der Waals surface area contributed by atoms with Gasteiger partial charge < -0.3 is 20.1 Å². The molecule has 0 heterocycles. The Balaban J connectivity index is 1.91. The first kappa shape index (κ1) is 17.1. The van der Waals surface area contributed by atoms with Crippen LogP contribution in [0.1, 0.15) is 11.7 Å². The topological polar surface area (TPSA) is 59.6 Å². The minimum atomic E-state index is -0.308. The smallest absolute Gasteiger partial charge is 0.319 e. The molecular formula is C17H19ClN2O3. The number of hydrogen-bond donors (Lipinski definition) is 2. The highest BCUT2D eigenvalue weighted by Crippen LogP contribution is 2.21. The van der Waals surface area contributed by atoms with Gasteiger partial charge in [0.15, 0.2) is 0 Å². The molecule has 2 N–H and O–H groups in total. The van der Waals surface area contributed by atoms with Crippen molar-refractivity contribution < 1.29 is 14.3 Å². The number of benzene rings is 2. The third kappa shape index (κ3) is 5.16. The molecule has 5 nitrogen and oxygen atoms in total. The molecule has 1 unspecified atom stereocenters. The van der Waals surface area contributed by atoms with Crippen LogP contribution in [0.5, 0.6) is 5.75 Å². The van der Waals surface area contributed by atoms with Crippen molar-refractivity contribution in [1.82, 2.24) is 5.32 Å². The number of urea groups is 1. The molecule has 0 aliphatic rings. The molecule has 2 aromatic rings. The molecule has 0 aliphatic heterocycles. The van der Waals surface area contributed by atoms with Crippen molar-refractivity contribution in [2.75, 3.05) is 26.1 Å². The fourth-order valence-corrected chi connectivity index (χ4v) is 2.20. The molecule has 0 saturated heterocycles. The fraction of sp³-hybridized carbons (Fsp3) is 0.235. The lowest BCUT2D eigenvalue weighted by Gasteiger charge is -2.17. The summed E-state index contributed by atoms with van der Waals surface area (Å²) < 4.78 is 10.6. The van der Waals surface area contributed by atoms with Crippen LogP contribution in [0.4, 0.5) is 10.5 Å². The summed E-state index contributed by atoms with van der Waals surface area (Å²) in [5, 5.41) is 6.14. The van der Waals surface area contributed by atoms with Crippen LogP contribution in [-0.4, -0.2) is 26.8 Å². The third-order valence-corrected chi connectivity index (χ3v) is 3.55. The molecule has 1 atom stereocenters. The SMILES string of the molecule is COc1cccc(C(CNC(=O)Nc2ccc(Cl)cc2)OC)c1. The fourth-order valence-electron chi connectivity index (χ4n) is 2.07. The van der Waals surface area contributed by atoms with Gasteiger partial charge in [0.25, 0.3) is 0 Å². The molecule has 0 bridgehead atoms. The van der Waals surface area contributed by atoms with Gasteiger partial charge in [0.2, 0.25) is 0 Å². The van der Waals surface area contributed by atoms with Gasteiger partial charge in [-0.3, -0.25) is 0 Å². The first-order valence-electron chi connectivity index (χ1n) is 7.09. The number of anilines is 1. The van der Waals surface area contributed by atoms with Gasteiger partial charge in [0, 0.05) is 24.4 Å². The molecule has 2 aromatic carbocycles. The maximum absolute atomic E-state index is 11.9. The van der Waals surface area contributed by atoms with Gasteiger partial charge in [0.1, 0.15) is 5.75 Å². The van der Waals surface area contributed by atoms with E-state index in [4.69, 9.17) is 21.1 Å². The Hall–Kier alpha value is -2.24. The molecule has 0 saturated carbocycles. The summed E-state index contributed by atoms with van der Waals surface area (Å²) in [6.07, 6.45) is -0.263. The number of carbonyl (C=O) groups is 1. The Morgan fingerprint density at radius 3 is 2.57 bits per heavy atom. The van der Waals surface area contributed by atoms with E-state index in [2.05, 4.69) is 10.6 Å². The first-order valence-corrected chi connectivity index (χ1v) is 7.47. The Kier molecular flexibility index (Phi) is 6.26. The van der Waals surface area contributed by atoms with Gasteiger partial charge in [-0.2, -0.15) is 0 Å². The Morgan fingerprint density at radius 1 is 1.17 bits per heavy atom. The van der Waals surface area contributed by atoms with Crippen molar-refractivity contribution in [2.45, 2.75) is 6.10 Å². The second-order valence-corrected chi connectivity index (χ2v) is 5.28. The third-order valence-electron chi connectivity index (χ3n) is 3.30. The Morgan fingerprint density at radius 2 is 1.91 bits per heavy atom. The van der Waals surface area contributed by atoms with Crippen LogP contribution < -0.4 is 15.4 Å². The van der Waals surface area contributed by atoms with Crippen LogP contribution in [0.3, 0.4) is 0 Å². The summed E-state index contributed by atoms with van der Waals surface area (Å²) >= 11 is 5.81. The zero-order chi connectivity index (χ0) is 16.7. The van der Waals surface area contributed by atoms with E-state index in [1.165, 1.54) is 0 Å². The number of nitrogens with one attached hydrogen (secondary N) is 2. The van der Waals surface area contributed by atoms with Gasteiger partial charge >= 0.3 is 6.03 Å². The van der Waals surface area contributed by atoms with E-state index < -0.39 is 0 Å². The summed E-state index contributed by atoms with van der Waals surface area (Å²) in [5.41, 5.74) is 1.60. The molecule has 6 heteroatoms. The monoisotopic (exact) mass is 334 g/mol. The minimum Gasteiger partial charge on any atom is -0.497 e. The number of methoxy groups -OCH3 is 2. The number of hydrogen-bond acceptors (Lipinski definition) is 3. The number of halogens is 1. The van der Waals surface area contributed by atoms with E-state index in [1.54, 1.807) is 38.5 Å². The van der Waals surface area contributed by atoms with Crippen LogP contribution >= 0.6 is 11.6 Å². The zero-order valence-corrected chi connectivity index (χ0v) is 13.8. The predicted octanol–water partition coefficient (Wildman–Crippen LogP) is 3.86. The highest BCUT2D eigenvalue weighted by atomic mass is 35.5. The molecule has 2 rings (SSSR count). The van der Waals surface area contributed by atoms with Crippen molar-refractivity contribution in [3.05, 3.63) is 59.1 Å². The van der Waals surface area contributed by atoms with E-state index in [-0.39, 0.29) is 12.1 Å². The first-order chi connectivity index (χ1) is 11.1. The minimum absolute atomic E-state index is 0.263. The van der Waals surface area contributed by atoms with Crippen LogP contribution in [0.25, 0.3) is 0 Å². The van der Waals surface area contributed by atoms with E-state index in [1.807, 2.05) is 24.3 Å². The predicted molar refractivity (Wildman–Crippen MR) is 91.2 cm³/mol. The number of ether oxygens (including phenoxy) is 2. The van der Waals surface area contributed by atoms with Crippen LogP contribution in [0.2, 0.25) is 5.02 Å². The maximum atomic E-state index is 11.9. The molecule has 0 aromatic heterocycles. The van der Waals surface area contributed by atoms with Gasteiger partial charge in [-0.1, -0.05) is 23.7 Å². The van der Waals surface area contributed by atoms with Gasteiger partial charge in [-0.25, -0.2) is 4.79 Å². The normalized spacial score (nSPS) is 11.6. The van der Waals surface area contributed by atoms with Gasteiger partial charge in [-0.15, -0.1) is 0 Å². The summed E-state index contributed by atoms with van der Waals surface area (Å²) in [5.74, 6) is 0.746. The summed E-state index contributed by atoms with van der Waals surface area (Å²) in [6.45, 7) is 0.336. The van der Waals surface area contributed by atoms with Crippen molar-refractivity contribution in [3.8, 4) is 5.75 Å². The summed E-state index contributed by atoms with van der Waals surface area (Å²) in [4.78, 5) is 11.9. The van der Waals surface area contributed by atoms with E-state index in [9.17, 15) is 4.79 Å². The van der Waals surface area contributed by atoms with Crippen molar-refractivity contribution in [3.63, 3.8) is 0 Å². The molecule has 23 heavy (non-hydrogen) atoms. The zero-order valence-electron chi connectivity index (χ0n) is 13.0. The Labute approximate surface area is 140 Å². The summed E-state index contributed by atoms with van der Waals surface area (Å²) in [7, 11) is 3.21. The quantitative estimate of drug-likeness (QED) is 0.843. The molecule has 0 spiro atoms. The molecule has 0 aliphatic carbocycles. The van der Waals surface area contributed by atoms with Gasteiger partial charge in [-0.05, 0) is 42.0 Å². The van der Waals surface area contributed by atoms with Crippen molar-refractivity contribution >= 4 is 23.3 Å². The van der Waals surface area contributed by atoms with E-state index in [0.717, 1.165) is 11.3 Å². The average Bonchev–Trinajstić information content (AvgIpc) is 2.58. The number of rotatable bonds is 6. The highest BCUT2D eigenvalue weighted by molar-refractivity contribution is 6.30. The van der Waals surface area contributed by atoms with Crippen LogP contribution in [-0.2, 0) is 4.74 Å². The molecule has 122 valence electrons. The second-order valence-electron chi connectivity index (χ2n) is 4.84. The van der Waals surface area contributed by atoms with Crippen LogP contribution in [0.15, 0.2) is 48.5 Å². The Bertz CT molecular complexity index is 647. The summed E-state index contributed by atoms with van der Waals surface area (Å²) in [6, 6.07) is 14.1. The largest absolute Gasteiger partial charge is 0.497 e. The maximum Gasteiger partial charge on any atom is 0.319 e. The molecule has 2 amide bonds.